The van der Waals surface area contributed by atoms with Crippen molar-refractivity contribution in [2.75, 3.05) is 5.32 Å². The topological polar surface area (TPSA) is 119 Å². The minimum atomic E-state index is -0.746. The summed E-state index contributed by atoms with van der Waals surface area (Å²) in [5.74, 6) is -0.435. The Balaban J connectivity index is 1.69. The predicted octanol–water partition coefficient (Wildman–Crippen LogP) is 3.17. The van der Waals surface area contributed by atoms with Crippen LogP contribution in [0.4, 0.5) is 10.6 Å². The van der Waals surface area contributed by atoms with Crippen molar-refractivity contribution >= 4 is 28.7 Å². The Morgan fingerprint density at radius 1 is 1.06 bits per heavy atom. The highest BCUT2D eigenvalue weighted by molar-refractivity contribution is 6.08. The SMILES string of the molecule is Cc1cc2c(cn1)cc(-c1cc(C(=O)NC(=O)Nc3ccon3)ccc1C)c(=O)n2C. The van der Waals surface area contributed by atoms with Gasteiger partial charge in [-0.3, -0.25) is 25.2 Å². The predicted molar refractivity (Wildman–Crippen MR) is 115 cm³/mol. The molecule has 3 amide bonds. The molecule has 0 fully saturated rings. The molecule has 0 saturated heterocycles. The lowest BCUT2D eigenvalue weighted by atomic mass is 9.97. The highest BCUT2D eigenvalue weighted by atomic mass is 16.5. The number of fused-ring (bicyclic) bond motifs is 1. The largest absolute Gasteiger partial charge is 0.363 e. The van der Waals surface area contributed by atoms with Crippen LogP contribution in [0.2, 0.25) is 0 Å². The van der Waals surface area contributed by atoms with Crippen LogP contribution in [0, 0.1) is 13.8 Å². The van der Waals surface area contributed by atoms with Gasteiger partial charge in [-0.2, -0.15) is 0 Å². The molecule has 156 valence electrons. The number of benzene rings is 1. The van der Waals surface area contributed by atoms with Gasteiger partial charge in [0.15, 0.2) is 5.82 Å². The zero-order valence-electron chi connectivity index (χ0n) is 17.1. The molecule has 3 aromatic heterocycles. The number of urea groups is 1. The maximum atomic E-state index is 13.0. The number of rotatable bonds is 3. The van der Waals surface area contributed by atoms with Crippen LogP contribution in [0.15, 0.2) is 58.2 Å². The van der Waals surface area contributed by atoms with E-state index in [1.165, 1.54) is 12.3 Å². The smallest absolute Gasteiger partial charge is 0.327 e. The van der Waals surface area contributed by atoms with E-state index < -0.39 is 11.9 Å². The fourth-order valence-corrected chi connectivity index (χ4v) is 3.31. The van der Waals surface area contributed by atoms with Crippen molar-refractivity contribution in [1.29, 1.82) is 0 Å². The quantitative estimate of drug-likeness (QED) is 0.528. The Bertz CT molecular complexity index is 1370. The van der Waals surface area contributed by atoms with Crippen molar-refractivity contribution in [2.24, 2.45) is 7.05 Å². The zero-order valence-corrected chi connectivity index (χ0v) is 17.1. The van der Waals surface area contributed by atoms with Crippen LogP contribution in [0.25, 0.3) is 22.0 Å². The highest BCUT2D eigenvalue weighted by Crippen LogP contribution is 2.25. The molecular weight excluding hydrogens is 398 g/mol. The molecule has 0 aliphatic rings. The van der Waals surface area contributed by atoms with E-state index in [0.29, 0.717) is 11.1 Å². The van der Waals surface area contributed by atoms with Crippen molar-refractivity contribution in [3.05, 3.63) is 76.0 Å². The molecule has 0 spiro atoms. The number of anilines is 1. The summed E-state index contributed by atoms with van der Waals surface area (Å²) in [4.78, 5) is 41.9. The number of pyridine rings is 2. The minimum absolute atomic E-state index is 0.179. The Labute approximate surface area is 176 Å². The molecule has 0 saturated carbocycles. The molecule has 0 radical (unpaired) electrons. The molecule has 4 aromatic rings. The molecule has 0 atom stereocenters. The van der Waals surface area contributed by atoms with Crippen LogP contribution in [-0.4, -0.2) is 26.6 Å². The maximum Gasteiger partial charge on any atom is 0.327 e. The Morgan fingerprint density at radius 3 is 2.61 bits per heavy atom. The fourth-order valence-electron chi connectivity index (χ4n) is 3.31. The summed E-state index contributed by atoms with van der Waals surface area (Å²) in [7, 11) is 1.70. The van der Waals surface area contributed by atoms with Crippen molar-refractivity contribution < 1.29 is 14.1 Å². The van der Waals surface area contributed by atoms with Gasteiger partial charge in [-0.05, 0) is 49.2 Å². The molecular formula is C22H19N5O4. The third-order valence-electron chi connectivity index (χ3n) is 4.94. The van der Waals surface area contributed by atoms with Gasteiger partial charge in [0.05, 0.1) is 5.52 Å². The summed E-state index contributed by atoms with van der Waals surface area (Å²) in [6.07, 6.45) is 3.01. The summed E-state index contributed by atoms with van der Waals surface area (Å²) in [6, 6.07) is 9.24. The van der Waals surface area contributed by atoms with Gasteiger partial charge in [0, 0.05) is 41.5 Å². The first-order valence-electron chi connectivity index (χ1n) is 9.43. The van der Waals surface area contributed by atoms with Crippen LogP contribution in [-0.2, 0) is 7.05 Å². The zero-order chi connectivity index (χ0) is 22.1. The molecule has 1 aromatic carbocycles. The Hall–Kier alpha value is -4.27. The number of carbonyl (C=O) groups is 2. The number of imide groups is 1. The first-order chi connectivity index (χ1) is 14.8. The first kappa shape index (κ1) is 20.0. The lowest BCUT2D eigenvalue weighted by Gasteiger charge is -2.12. The summed E-state index contributed by atoms with van der Waals surface area (Å²) in [5, 5.41) is 8.97. The number of nitrogens with one attached hydrogen (secondary N) is 2. The van der Waals surface area contributed by atoms with E-state index in [1.54, 1.807) is 42.1 Å². The van der Waals surface area contributed by atoms with E-state index in [-0.39, 0.29) is 16.9 Å². The summed E-state index contributed by atoms with van der Waals surface area (Å²) in [6.45, 7) is 3.72. The second kappa shape index (κ2) is 7.86. The minimum Gasteiger partial charge on any atom is -0.363 e. The van der Waals surface area contributed by atoms with Gasteiger partial charge in [0.25, 0.3) is 11.5 Å². The van der Waals surface area contributed by atoms with Gasteiger partial charge in [0.2, 0.25) is 0 Å². The van der Waals surface area contributed by atoms with E-state index >= 15 is 0 Å². The molecule has 0 aliphatic heterocycles. The fraction of sp³-hybridized carbons (Fsp3) is 0.136. The van der Waals surface area contributed by atoms with Gasteiger partial charge >= 0.3 is 6.03 Å². The summed E-state index contributed by atoms with van der Waals surface area (Å²) in [5.41, 5.74) is 3.50. The van der Waals surface area contributed by atoms with Crippen LogP contribution in [0.3, 0.4) is 0 Å². The number of amides is 3. The molecule has 0 aliphatic carbocycles. The highest BCUT2D eigenvalue weighted by Gasteiger charge is 2.16. The van der Waals surface area contributed by atoms with E-state index in [2.05, 4.69) is 25.3 Å². The van der Waals surface area contributed by atoms with Crippen LogP contribution in [0.5, 0.6) is 0 Å². The van der Waals surface area contributed by atoms with Crippen LogP contribution in [0.1, 0.15) is 21.6 Å². The van der Waals surface area contributed by atoms with Gasteiger partial charge in [-0.15, -0.1) is 0 Å². The first-order valence-corrected chi connectivity index (χ1v) is 9.43. The Kier molecular flexibility index (Phi) is 5.08. The van der Waals surface area contributed by atoms with E-state index in [0.717, 1.165) is 22.2 Å². The van der Waals surface area contributed by atoms with Crippen molar-refractivity contribution in [3.63, 3.8) is 0 Å². The average molecular weight is 417 g/mol. The van der Waals surface area contributed by atoms with Crippen molar-refractivity contribution in [3.8, 4) is 11.1 Å². The van der Waals surface area contributed by atoms with Crippen molar-refractivity contribution in [1.82, 2.24) is 20.0 Å². The number of carbonyl (C=O) groups excluding carboxylic acids is 2. The van der Waals surface area contributed by atoms with Crippen LogP contribution < -0.4 is 16.2 Å². The van der Waals surface area contributed by atoms with Gasteiger partial charge in [-0.25, -0.2) is 4.79 Å². The number of hydrogen-bond donors (Lipinski definition) is 2. The monoisotopic (exact) mass is 417 g/mol. The molecule has 4 rings (SSSR count). The number of hydrogen-bond acceptors (Lipinski definition) is 6. The molecule has 9 nitrogen and oxygen atoms in total. The molecule has 0 unspecified atom stereocenters. The van der Waals surface area contributed by atoms with Gasteiger partial charge in [0.1, 0.15) is 6.26 Å². The van der Waals surface area contributed by atoms with Crippen molar-refractivity contribution in [2.45, 2.75) is 13.8 Å². The second-order valence-corrected chi connectivity index (χ2v) is 7.13. The van der Waals surface area contributed by atoms with Gasteiger partial charge < -0.3 is 9.09 Å². The average Bonchev–Trinajstić information content (AvgIpc) is 3.24. The normalized spacial score (nSPS) is 10.8. The molecule has 0 bridgehead atoms. The molecule has 2 N–H and O–H groups in total. The molecule has 31 heavy (non-hydrogen) atoms. The lowest BCUT2D eigenvalue weighted by Crippen LogP contribution is -2.34. The van der Waals surface area contributed by atoms with E-state index in [1.807, 2.05) is 19.9 Å². The van der Waals surface area contributed by atoms with Crippen LogP contribution >= 0.6 is 0 Å². The number of aryl methyl sites for hydroxylation is 3. The second-order valence-electron chi connectivity index (χ2n) is 7.13. The maximum absolute atomic E-state index is 13.0. The molecule has 3 heterocycles. The third-order valence-corrected chi connectivity index (χ3v) is 4.94. The van der Waals surface area contributed by atoms with Gasteiger partial charge in [-0.1, -0.05) is 11.2 Å². The molecule has 9 heteroatoms. The number of nitrogens with zero attached hydrogens (tertiary/aromatic N) is 3. The Morgan fingerprint density at radius 2 is 1.87 bits per heavy atom. The standard InChI is InChI=1S/C22H19N5O4/c1-12-4-5-14(20(28)25-22(30)24-19-6-7-31-26-19)9-16(12)17-10-15-11-23-13(2)8-18(15)27(3)21(17)29/h4-11H,1-3H3,(H2,24,25,26,28,30). The van der Waals surface area contributed by atoms with E-state index in [9.17, 15) is 14.4 Å². The summed E-state index contributed by atoms with van der Waals surface area (Å²) >= 11 is 0. The third kappa shape index (κ3) is 3.93. The van der Waals surface area contributed by atoms with E-state index in [4.69, 9.17) is 0 Å². The lowest BCUT2D eigenvalue weighted by molar-refractivity contribution is 0.0967. The number of aromatic nitrogens is 3. The summed E-state index contributed by atoms with van der Waals surface area (Å²) < 4.78 is 6.19.